The summed E-state index contributed by atoms with van der Waals surface area (Å²) in [6.07, 6.45) is 1.64. The first-order chi connectivity index (χ1) is 9.97. The number of halogens is 2. The minimum atomic E-state index is -1.19. The van der Waals surface area contributed by atoms with Crippen LogP contribution < -0.4 is 0 Å². The molecular formula is C16H12Cl2O2S. The molecule has 5 heteroatoms. The molecule has 1 heterocycles. The van der Waals surface area contributed by atoms with Crippen LogP contribution in [0.4, 0.5) is 0 Å². The molecule has 0 fully saturated rings. The molecule has 0 aliphatic carbocycles. The molecule has 1 atom stereocenters. The van der Waals surface area contributed by atoms with Crippen LogP contribution in [-0.2, 0) is 10.8 Å². The molecule has 0 saturated carbocycles. The second-order valence-electron chi connectivity index (χ2n) is 4.82. The van der Waals surface area contributed by atoms with Crippen LogP contribution in [0.1, 0.15) is 5.56 Å². The Bertz CT molecular complexity index is 851. The zero-order chi connectivity index (χ0) is 15.1. The van der Waals surface area contributed by atoms with Crippen molar-refractivity contribution in [2.45, 2.75) is 11.8 Å². The van der Waals surface area contributed by atoms with Gasteiger partial charge in [0.2, 0.25) is 0 Å². The van der Waals surface area contributed by atoms with Crippen molar-refractivity contribution in [2.75, 3.05) is 6.26 Å². The van der Waals surface area contributed by atoms with Crippen molar-refractivity contribution in [1.82, 2.24) is 0 Å². The molecule has 0 saturated heterocycles. The van der Waals surface area contributed by atoms with E-state index in [2.05, 4.69) is 0 Å². The summed E-state index contributed by atoms with van der Waals surface area (Å²) in [5, 5.41) is 2.05. The molecule has 0 amide bonds. The van der Waals surface area contributed by atoms with E-state index in [4.69, 9.17) is 27.6 Å². The summed E-state index contributed by atoms with van der Waals surface area (Å²) < 4.78 is 18.2. The quantitative estimate of drug-likeness (QED) is 0.621. The van der Waals surface area contributed by atoms with E-state index in [1.807, 2.05) is 25.1 Å². The highest BCUT2D eigenvalue weighted by atomic mass is 35.5. The molecule has 0 bridgehead atoms. The van der Waals surface area contributed by atoms with Crippen LogP contribution in [-0.4, -0.2) is 10.5 Å². The lowest BCUT2D eigenvalue weighted by atomic mass is 10.1. The average molecular weight is 339 g/mol. The van der Waals surface area contributed by atoms with Crippen molar-refractivity contribution in [3.8, 4) is 11.3 Å². The summed E-state index contributed by atoms with van der Waals surface area (Å²) in [4.78, 5) is 0.665. The Labute approximate surface area is 135 Å². The third-order valence-corrected chi connectivity index (χ3v) is 4.74. The molecule has 108 valence electrons. The Morgan fingerprint density at radius 3 is 2.33 bits per heavy atom. The minimum absolute atomic E-state index is 0.605. The van der Waals surface area contributed by atoms with Crippen LogP contribution in [0, 0.1) is 6.92 Å². The summed E-state index contributed by atoms with van der Waals surface area (Å²) in [5.41, 5.74) is 2.48. The molecule has 0 aliphatic heterocycles. The first-order valence-corrected chi connectivity index (χ1v) is 8.61. The molecule has 0 radical (unpaired) electrons. The predicted octanol–water partition coefficient (Wildman–Crippen LogP) is 5.45. The van der Waals surface area contributed by atoms with Gasteiger partial charge in [0.25, 0.3) is 0 Å². The summed E-state index contributed by atoms with van der Waals surface area (Å²) in [5.74, 6) is 0.605. The van der Waals surface area contributed by atoms with Crippen LogP contribution in [0.25, 0.3) is 22.3 Å². The number of rotatable bonds is 2. The van der Waals surface area contributed by atoms with Gasteiger partial charge in [0.15, 0.2) is 5.76 Å². The fourth-order valence-corrected chi connectivity index (χ4v) is 3.66. The molecule has 21 heavy (non-hydrogen) atoms. The Kier molecular flexibility index (Phi) is 3.82. The first kappa shape index (κ1) is 14.6. The molecule has 0 N–H and O–H groups in total. The molecule has 0 spiro atoms. The normalized spacial score (nSPS) is 12.8. The molecule has 3 rings (SSSR count). The summed E-state index contributed by atoms with van der Waals surface area (Å²) >= 11 is 12.0. The number of aryl methyl sites for hydroxylation is 1. The predicted molar refractivity (Wildman–Crippen MR) is 88.7 cm³/mol. The standard InChI is InChI=1S/C16H12Cl2O2S/c1-9-7-12(18)8-13-14(9)20-15(16(13)21(2)19)10-3-5-11(17)6-4-10/h3-8H,1-2H3/t21-/m1/s1. The fraction of sp³-hybridized carbons (Fsp3) is 0.125. The van der Waals surface area contributed by atoms with E-state index >= 15 is 0 Å². The van der Waals surface area contributed by atoms with Gasteiger partial charge in [-0.2, -0.15) is 0 Å². The lowest BCUT2D eigenvalue weighted by Gasteiger charge is -2.00. The highest BCUT2D eigenvalue weighted by molar-refractivity contribution is 7.84. The van der Waals surface area contributed by atoms with E-state index in [1.165, 1.54) is 0 Å². The summed E-state index contributed by atoms with van der Waals surface area (Å²) in [7, 11) is -1.19. The highest BCUT2D eigenvalue weighted by Crippen LogP contribution is 2.38. The molecule has 0 unspecified atom stereocenters. The molecular weight excluding hydrogens is 327 g/mol. The Hall–Kier alpha value is -1.29. The zero-order valence-electron chi connectivity index (χ0n) is 11.4. The number of furan rings is 1. The van der Waals surface area contributed by atoms with Gasteiger partial charge in [-0.15, -0.1) is 0 Å². The van der Waals surface area contributed by atoms with Gasteiger partial charge in [-0.25, -0.2) is 0 Å². The lowest BCUT2D eigenvalue weighted by Crippen LogP contribution is -1.89. The van der Waals surface area contributed by atoms with Gasteiger partial charge >= 0.3 is 0 Å². The smallest absolute Gasteiger partial charge is 0.151 e. The van der Waals surface area contributed by atoms with Crippen molar-refractivity contribution in [3.05, 3.63) is 52.0 Å². The number of hydrogen-bond donors (Lipinski definition) is 0. The van der Waals surface area contributed by atoms with Crippen molar-refractivity contribution in [3.63, 3.8) is 0 Å². The van der Waals surface area contributed by atoms with Gasteiger partial charge in [-0.3, -0.25) is 4.21 Å². The van der Waals surface area contributed by atoms with Gasteiger partial charge in [0.05, 0.1) is 15.7 Å². The zero-order valence-corrected chi connectivity index (χ0v) is 13.8. The van der Waals surface area contributed by atoms with E-state index in [0.717, 1.165) is 22.1 Å². The average Bonchev–Trinajstić information content (AvgIpc) is 2.79. The molecule has 2 aromatic carbocycles. The summed E-state index contributed by atoms with van der Waals surface area (Å²) in [6, 6.07) is 10.9. The van der Waals surface area contributed by atoms with Crippen LogP contribution in [0.2, 0.25) is 10.0 Å². The topological polar surface area (TPSA) is 30.2 Å². The highest BCUT2D eigenvalue weighted by Gasteiger charge is 2.20. The van der Waals surface area contributed by atoms with Crippen molar-refractivity contribution < 1.29 is 8.63 Å². The third-order valence-electron chi connectivity index (χ3n) is 3.29. The van der Waals surface area contributed by atoms with Gasteiger partial charge in [-0.05, 0) is 48.9 Å². The maximum atomic E-state index is 12.2. The van der Waals surface area contributed by atoms with E-state index < -0.39 is 10.8 Å². The van der Waals surface area contributed by atoms with E-state index in [-0.39, 0.29) is 0 Å². The van der Waals surface area contributed by atoms with Crippen LogP contribution in [0.15, 0.2) is 45.7 Å². The Balaban J connectivity index is 2.37. The minimum Gasteiger partial charge on any atom is -0.454 e. The summed E-state index contributed by atoms with van der Waals surface area (Å²) in [6.45, 7) is 1.92. The Morgan fingerprint density at radius 2 is 1.71 bits per heavy atom. The number of hydrogen-bond acceptors (Lipinski definition) is 2. The van der Waals surface area contributed by atoms with Gasteiger partial charge in [0, 0.05) is 27.3 Å². The van der Waals surface area contributed by atoms with Gasteiger partial charge in [-0.1, -0.05) is 23.2 Å². The Morgan fingerprint density at radius 1 is 1.05 bits per heavy atom. The van der Waals surface area contributed by atoms with Crippen LogP contribution in [0.5, 0.6) is 0 Å². The second-order valence-corrected chi connectivity index (χ2v) is 7.01. The van der Waals surface area contributed by atoms with E-state index in [1.54, 1.807) is 24.5 Å². The van der Waals surface area contributed by atoms with Crippen LogP contribution in [0.3, 0.4) is 0 Å². The van der Waals surface area contributed by atoms with Crippen molar-refractivity contribution >= 4 is 45.0 Å². The fourth-order valence-electron chi connectivity index (χ4n) is 2.38. The maximum Gasteiger partial charge on any atom is 0.151 e. The SMILES string of the molecule is Cc1cc(Cl)cc2c([S@@](C)=O)c(-c3ccc(Cl)cc3)oc12. The van der Waals surface area contributed by atoms with Crippen molar-refractivity contribution in [2.24, 2.45) is 0 Å². The number of fused-ring (bicyclic) bond motifs is 1. The maximum absolute atomic E-state index is 12.2. The molecule has 2 nitrogen and oxygen atoms in total. The molecule has 3 aromatic rings. The molecule has 0 aliphatic rings. The second kappa shape index (κ2) is 5.48. The van der Waals surface area contributed by atoms with E-state index in [0.29, 0.717) is 20.7 Å². The van der Waals surface area contributed by atoms with Gasteiger partial charge < -0.3 is 4.42 Å². The van der Waals surface area contributed by atoms with E-state index in [9.17, 15) is 4.21 Å². The first-order valence-electron chi connectivity index (χ1n) is 6.29. The monoisotopic (exact) mass is 338 g/mol. The third kappa shape index (κ3) is 2.61. The van der Waals surface area contributed by atoms with Crippen LogP contribution >= 0.6 is 23.2 Å². The van der Waals surface area contributed by atoms with Crippen molar-refractivity contribution in [1.29, 1.82) is 0 Å². The van der Waals surface area contributed by atoms with Gasteiger partial charge in [0.1, 0.15) is 5.58 Å². The largest absolute Gasteiger partial charge is 0.454 e. The lowest BCUT2D eigenvalue weighted by molar-refractivity contribution is 0.620. The molecule has 1 aromatic heterocycles. The number of benzene rings is 2.